The Bertz CT molecular complexity index is 666. The van der Waals surface area contributed by atoms with Gasteiger partial charge in [-0.2, -0.15) is 0 Å². The third kappa shape index (κ3) is 4.22. The van der Waals surface area contributed by atoms with Crippen molar-refractivity contribution in [1.82, 2.24) is 0 Å². The summed E-state index contributed by atoms with van der Waals surface area (Å²) in [6.45, 7) is 10.5. The number of rotatable bonds is 4. The smallest absolute Gasteiger partial charge is 0.310 e. The molecule has 2 heteroatoms. The molecule has 0 N–H and O–H groups in total. The summed E-state index contributed by atoms with van der Waals surface area (Å²) in [5, 5.41) is 0. The first-order valence-corrected chi connectivity index (χ1v) is 8.23. The van der Waals surface area contributed by atoms with E-state index in [-0.39, 0.29) is 17.3 Å². The van der Waals surface area contributed by atoms with E-state index < -0.39 is 0 Å². The van der Waals surface area contributed by atoms with Crippen LogP contribution < -0.4 is 4.74 Å². The monoisotopic (exact) mass is 310 g/mol. The second-order valence-electron chi connectivity index (χ2n) is 6.96. The van der Waals surface area contributed by atoms with Crippen molar-refractivity contribution in [2.75, 3.05) is 0 Å². The van der Waals surface area contributed by atoms with Crippen LogP contribution in [0, 0.1) is 0 Å². The largest absolute Gasteiger partial charge is 0.426 e. The fraction of sp³-hybridized carbons (Fsp3) is 0.381. The van der Waals surface area contributed by atoms with Gasteiger partial charge >= 0.3 is 5.97 Å². The third-order valence-electron chi connectivity index (χ3n) is 4.15. The molecular weight excluding hydrogens is 284 g/mol. The predicted molar refractivity (Wildman–Crippen MR) is 95.0 cm³/mol. The van der Waals surface area contributed by atoms with Crippen LogP contribution >= 0.6 is 0 Å². The Labute approximate surface area is 139 Å². The molecule has 0 radical (unpaired) electrons. The summed E-state index contributed by atoms with van der Waals surface area (Å²) in [4.78, 5) is 11.8. The minimum Gasteiger partial charge on any atom is -0.426 e. The number of esters is 1. The van der Waals surface area contributed by atoms with Gasteiger partial charge in [-0.05, 0) is 22.6 Å². The molecule has 0 heterocycles. The van der Waals surface area contributed by atoms with Gasteiger partial charge in [-0.25, -0.2) is 0 Å². The van der Waals surface area contributed by atoms with Gasteiger partial charge in [0, 0.05) is 17.9 Å². The van der Waals surface area contributed by atoms with Gasteiger partial charge in [0.1, 0.15) is 5.75 Å². The van der Waals surface area contributed by atoms with Gasteiger partial charge in [-0.3, -0.25) is 4.79 Å². The molecule has 0 spiro atoms. The zero-order valence-corrected chi connectivity index (χ0v) is 14.7. The van der Waals surface area contributed by atoms with Crippen LogP contribution in [0.4, 0.5) is 0 Å². The summed E-state index contributed by atoms with van der Waals surface area (Å²) >= 11 is 0. The van der Waals surface area contributed by atoms with Gasteiger partial charge in [-0.1, -0.05) is 77.1 Å². The van der Waals surface area contributed by atoms with Gasteiger partial charge in [0.15, 0.2) is 0 Å². The summed E-state index contributed by atoms with van der Waals surface area (Å²) in [7, 11) is 0. The van der Waals surface area contributed by atoms with Crippen LogP contribution in [0.1, 0.15) is 63.6 Å². The Morgan fingerprint density at radius 1 is 1.09 bits per heavy atom. The molecule has 2 aromatic carbocycles. The topological polar surface area (TPSA) is 26.3 Å². The van der Waals surface area contributed by atoms with Crippen LogP contribution in [0.3, 0.4) is 0 Å². The Kier molecular flexibility index (Phi) is 5.25. The SMILES string of the molecule is CCC(=O)Oc1ccc(C(C)(C)C)cc1C(C)c1ccccc1. The number of benzene rings is 2. The van der Waals surface area contributed by atoms with Crippen molar-refractivity contribution in [3.05, 3.63) is 65.2 Å². The molecule has 0 aromatic heterocycles. The zero-order valence-electron chi connectivity index (χ0n) is 14.7. The average molecular weight is 310 g/mol. The Hall–Kier alpha value is -2.09. The van der Waals surface area contributed by atoms with Crippen LogP contribution in [-0.4, -0.2) is 5.97 Å². The van der Waals surface area contributed by atoms with E-state index in [0.717, 1.165) is 5.56 Å². The maximum atomic E-state index is 11.8. The first-order valence-electron chi connectivity index (χ1n) is 8.23. The second kappa shape index (κ2) is 6.99. The lowest BCUT2D eigenvalue weighted by Gasteiger charge is -2.23. The van der Waals surface area contributed by atoms with Crippen molar-refractivity contribution in [3.63, 3.8) is 0 Å². The highest BCUT2D eigenvalue weighted by atomic mass is 16.5. The molecule has 1 atom stereocenters. The van der Waals surface area contributed by atoms with Gasteiger partial charge in [0.05, 0.1) is 0 Å². The molecule has 0 saturated carbocycles. The predicted octanol–water partition coefficient (Wildman–Crippen LogP) is 5.45. The minimum atomic E-state index is -0.199. The van der Waals surface area contributed by atoms with Crippen LogP contribution in [-0.2, 0) is 10.2 Å². The Morgan fingerprint density at radius 2 is 1.74 bits per heavy atom. The normalized spacial score (nSPS) is 12.7. The fourth-order valence-corrected chi connectivity index (χ4v) is 2.56. The molecule has 0 saturated heterocycles. The molecule has 2 aromatic rings. The van der Waals surface area contributed by atoms with E-state index >= 15 is 0 Å². The molecular formula is C21H26O2. The Balaban J connectivity index is 2.49. The van der Waals surface area contributed by atoms with E-state index in [2.05, 4.69) is 52.0 Å². The van der Waals surface area contributed by atoms with Gasteiger partial charge < -0.3 is 4.74 Å². The lowest BCUT2D eigenvalue weighted by atomic mass is 9.83. The molecule has 0 aliphatic rings. The Morgan fingerprint density at radius 3 is 2.30 bits per heavy atom. The summed E-state index contributed by atoms with van der Waals surface area (Å²) < 4.78 is 5.57. The van der Waals surface area contributed by atoms with Gasteiger partial charge in [0.2, 0.25) is 0 Å². The van der Waals surface area contributed by atoms with E-state index in [1.54, 1.807) is 0 Å². The molecule has 122 valence electrons. The first-order chi connectivity index (χ1) is 10.8. The third-order valence-corrected chi connectivity index (χ3v) is 4.15. The lowest BCUT2D eigenvalue weighted by molar-refractivity contribution is -0.134. The molecule has 0 amide bonds. The van der Waals surface area contributed by atoms with Crippen LogP contribution in [0.5, 0.6) is 5.75 Å². The minimum absolute atomic E-state index is 0.0540. The van der Waals surface area contributed by atoms with Crippen molar-refractivity contribution in [3.8, 4) is 5.75 Å². The van der Waals surface area contributed by atoms with Crippen LogP contribution in [0.15, 0.2) is 48.5 Å². The molecule has 1 unspecified atom stereocenters. The lowest BCUT2D eigenvalue weighted by Crippen LogP contribution is -2.14. The van der Waals surface area contributed by atoms with E-state index in [1.165, 1.54) is 11.1 Å². The molecule has 2 rings (SSSR count). The molecule has 0 aliphatic carbocycles. The van der Waals surface area contributed by atoms with Crippen LogP contribution in [0.25, 0.3) is 0 Å². The molecule has 0 bridgehead atoms. The van der Waals surface area contributed by atoms with Crippen molar-refractivity contribution in [2.24, 2.45) is 0 Å². The van der Waals surface area contributed by atoms with E-state index in [0.29, 0.717) is 12.2 Å². The number of carbonyl (C=O) groups is 1. The highest BCUT2D eigenvalue weighted by molar-refractivity contribution is 5.72. The number of carbonyl (C=O) groups excluding carboxylic acids is 1. The molecule has 0 aliphatic heterocycles. The second-order valence-corrected chi connectivity index (χ2v) is 6.96. The van der Waals surface area contributed by atoms with Crippen LogP contribution in [0.2, 0.25) is 0 Å². The maximum absolute atomic E-state index is 11.8. The van der Waals surface area contributed by atoms with Crippen molar-refractivity contribution in [2.45, 2.75) is 52.4 Å². The maximum Gasteiger partial charge on any atom is 0.310 e. The number of hydrogen-bond acceptors (Lipinski definition) is 2. The van der Waals surface area contributed by atoms with E-state index in [1.807, 2.05) is 31.2 Å². The summed E-state index contributed by atoms with van der Waals surface area (Å²) in [5.41, 5.74) is 3.57. The summed E-state index contributed by atoms with van der Waals surface area (Å²) in [6, 6.07) is 16.5. The zero-order chi connectivity index (χ0) is 17.0. The first kappa shape index (κ1) is 17.3. The van der Waals surface area contributed by atoms with Crippen molar-refractivity contribution < 1.29 is 9.53 Å². The van der Waals surface area contributed by atoms with Gasteiger partial charge in [-0.15, -0.1) is 0 Å². The average Bonchev–Trinajstić information content (AvgIpc) is 2.54. The highest BCUT2D eigenvalue weighted by Crippen LogP contribution is 2.35. The molecule has 0 fully saturated rings. The highest BCUT2D eigenvalue weighted by Gasteiger charge is 2.20. The summed E-state index contributed by atoms with van der Waals surface area (Å²) in [6.07, 6.45) is 0.375. The van der Waals surface area contributed by atoms with Crippen molar-refractivity contribution >= 4 is 5.97 Å². The standard InChI is InChI=1S/C21H26O2/c1-6-20(22)23-19-13-12-17(21(3,4)5)14-18(19)15(2)16-10-8-7-9-11-16/h7-15H,6H2,1-5H3. The number of ether oxygens (including phenoxy) is 1. The van der Waals surface area contributed by atoms with Gasteiger partial charge in [0.25, 0.3) is 0 Å². The quantitative estimate of drug-likeness (QED) is 0.554. The van der Waals surface area contributed by atoms with Crippen molar-refractivity contribution in [1.29, 1.82) is 0 Å². The number of hydrogen-bond donors (Lipinski definition) is 0. The molecule has 2 nitrogen and oxygen atoms in total. The van der Waals surface area contributed by atoms with E-state index in [4.69, 9.17) is 4.74 Å². The summed E-state index contributed by atoms with van der Waals surface area (Å²) in [5.74, 6) is 0.634. The molecule has 23 heavy (non-hydrogen) atoms. The fourth-order valence-electron chi connectivity index (χ4n) is 2.56. The van der Waals surface area contributed by atoms with E-state index in [9.17, 15) is 4.79 Å².